The van der Waals surface area contributed by atoms with Crippen LogP contribution in [-0.4, -0.2) is 45.5 Å². The Morgan fingerprint density at radius 1 is 1.24 bits per heavy atom. The molecule has 1 aromatic rings. The Balaban J connectivity index is 2.41. The van der Waals surface area contributed by atoms with Crippen molar-refractivity contribution in [3.63, 3.8) is 0 Å². The van der Waals surface area contributed by atoms with Gasteiger partial charge in [-0.05, 0) is 0 Å². The van der Waals surface area contributed by atoms with E-state index < -0.39 is 21.4 Å². The zero-order chi connectivity index (χ0) is 12.4. The quantitative estimate of drug-likeness (QED) is 0.884. The Morgan fingerprint density at radius 3 is 2.41 bits per heavy atom. The minimum atomic E-state index is -2.19. The summed E-state index contributed by atoms with van der Waals surface area (Å²) >= 11 is -2.19. The fourth-order valence-electron chi connectivity index (χ4n) is 2.10. The summed E-state index contributed by atoms with van der Waals surface area (Å²) in [5, 5.41) is 18.4. The van der Waals surface area contributed by atoms with Crippen molar-refractivity contribution in [3.05, 3.63) is 43.2 Å². The minimum absolute atomic E-state index is 0.290. The molecule has 84 valence electrons. The van der Waals surface area contributed by atoms with Gasteiger partial charge in [0.2, 0.25) is 0 Å². The molecule has 0 saturated heterocycles. The van der Waals surface area contributed by atoms with Crippen LogP contribution in [0.3, 0.4) is 0 Å². The molecular formula is C13H13InN2O. The summed E-state index contributed by atoms with van der Waals surface area (Å²) in [7, 11) is 3.98. The van der Waals surface area contributed by atoms with E-state index in [0.717, 1.165) is 5.57 Å². The summed E-state index contributed by atoms with van der Waals surface area (Å²) in [6, 6.07) is 9.65. The molecular weight excluding hydrogens is 315 g/mol. The van der Waals surface area contributed by atoms with E-state index in [1.807, 2.05) is 32.3 Å². The molecule has 1 aliphatic heterocycles. The van der Waals surface area contributed by atoms with Crippen LogP contribution >= 0.6 is 0 Å². The first-order chi connectivity index (χ1) is 8.13. The molecule has 1 N–H and O–H groups in total. The zero-order valence-electron chi connectivity index (χ0n) is 9.88. The van der Waals surface area contributed by atoms with Crippen molar-refractivity contribution in [2.24, 2.45) is 0 Å². The monoisotopic (exact) mass is 328 g/mol. The summed E-state index contributed by atoms with van der Waals surface area (Å²) in [6.45, 7) is 0. The van der Waals surface area contributed by atoms with Crippen molar-refractivity contribution in [3.8, 4) is 11.8 Å². The third-order valence-corrected chi connectivity index (χ3v) is 11.7. The predicted molar refractivity (Wildman–Crippen MR) is 69.0 cm³/mol. The Morgan fingerprint density at radius 2 is 1.88 bits per heavy atom. The summed E-state index contributed by atoms with van der Waals surface area (Å²) in [5.74, 6) is 0.290. The van der Waals surface area contributed by atoms with Crippen LogP contribution in [0, 0.1) is 11.3 Å². The van der Waals surface area contributed by atoms with E-state index in [9.17, 15) is 5.11 Å². The molecule has 0 bridgehead atoms. The molecule has 17 heavy (non-hydrogen) atoms. The van der Waals surface area contributed by atoms with Crippen LogP contribution in [0.2, 0.25) is 0 Å². The maximum absolute atomic E-state index is 9.30. The van der Waals surface area contributed by atoms with Gasteiger partial charge in [-0.15, -0.1) is 0 Å². The van der Waals surface area contributed by atoms with Gasteiger partial charge in [0.25, 0.3) is 0 Å². The second-order valence-electron chi connectivity index (χ2n) is 4.23. The topological polar surface area (TPSA) is 47.3 Å². The van der Waals surface area contributed by atoms with Gasteiger partial charge >= 0.3 is 109 Å². The molecule has 0 aliphatic carbocycles. The molecule has 2 rings (SSSR count). The molecule has 0 aromatic heterocycles. The second kappa shape index (κ2) is 4.89. The van der Waals surface area contributed by atoms with Crippen molar-refractivity contribution in [2.45, 2.75) is 0 Å². The number of benzene rings is 1. The van der Waals surface area contributed by atoms with E-state index in [4.69, 9.17) is 5.26 Å². The van der Waals surface area contributed by atoms with Crippen LogP contribution in [0.25, 0.3) is 0 Å². The number of nitrogens with zero attached hydrogens (tertiary/aromatic N) is 2. The number of rotatable bonds is 2. The molecule has 0 fully saturated rings. The van der Waals surface area contributed by atoms with E-state index in [-0.39, 0.29) is 5.75 Å². The molecule has 0 amide bonds. The molecule has 0 unspecified atom stereocenters. The Kier molecular flexibility index (Phi) is 3.49. The number of phenols is 1. The first-order valence-corrected chi connectivity index (χ1v) is 10.6. The maximum atomic E-state index is 9.30. The summed E-state index contributed by atoms with van der Waals surface area (Å²) in [4.78, 5) is 2.06. The number of aromatic hydroxyl groups is 1. The molecule has 0 spiro atoms. The summed E-state index contributed by atoms with van der Waals surface area (Å²) in [5.41, 5.74) is 0.795. The van der Waals surface area contributed by atoms with E-state index >= 15 is 0 Å². The van der Waals surface area contributed by atoms with Crippen LogP contribution in [0.5, 0.6) is 5.75 Å². The average molecular weight is 328 g/mol. The van der Waals surface area contributed by atoms with Crippen molar-refractivity contribution in [1.29, 1.82) is 5.26 Å². The zero-order valence-corrected chi connectivity index (χ0v) is 13.2. The van der Waals surface area contributed by atoms with Gasteiger partial charge in [-0.1, -0.05) is 0 Å². The average Bonchev–Trinajstić information content (AvgIpc) is 2.73. The van der Waals surface area contributed by atoms with Gasteiger partial charge in [-0.3, -0.25) is 0 Å². The molecule has 0 atom stereocenters. The van der Waals surface area contributed by atoms with Crippen molar-refractivity contribution >= 4 is 24.8 Å². The standard InChI is InChI=1S/C7H8N2.C6H5O.In/c1-4-7(5-8)6-9(2)3;7-6-4-2-1-3-5-6;/h1,4H,2-3H3;2-5,7H;. The Labute approximate surface area is 109 Å². The fourth-order valence-corrected chi connectivity index (χ4v) is 9.99. The van der Waals surface area contributed by atoms with Crippen molar-refractivity contribution < 1.29 is 5.11 Å². The van der Waals surface area contributed by atoms with E-state index in [0.29, 0.717) is 0 Å². The molecule has 1 aliphatic rings. The van der Waals surface area contributed by atoms with Crippen LogP contribution in [0.4, 0.5) is 0 Å². The fraction of sp³-hybridized carbons (Fsp3) is 0.154. The molecule has 0 radical (unpaired) electrons. The van der Waals surface area contributed by atoms with Gasteiger partial charge in [-0.25, -0.2) is 0 Å². The van der Waals surface area contributed by atoms with Gasteiger partial charge in [-0.2, -0.15) is 0 Å². The predicted octanol–water partition coefficient (Wildman–Crippen LogP) is 1.08. The molecule has 0 saturated carbocycles. The molecule has 3 nitrogen and oxygen atoms in total. The van der Waals surface area contributed by atoms with Gasteiger partial charge in [0.1, 0.15) is 0 Å². The summed E-state index contributed by atoms with van der Waals surface area (Å²) in [6.07, 6.45) is 1.95. The van der Waals surface area contributed by atoms with E-state index in [1.165, 1.54) is 6.77 Å². The first kappa shape index (κ1) is 12.1. The van der Waals surface area contributed by atoms with E-state index in [2.05, 4.69) is 14.8 Å². The number of hydrogen-bond acceptors (Lipinski definition) is 3. The summed E-state index contributed by atoms with van der Waals surface area (Å²) < 4.78 is 4.72. The van der Waals surface area contributed by atoms with Crippen molar-refractivity contribution in [2.75, 3.05) is 14.1 Å². The van der Waals surface area contributed by atoms with Crippen LogP contribution in [0.15, 0.2) is 43.2 Å². The second-order valence-corrected chi connectivity index (χ2v) is 11.5. The van der Waals surface area contributed by atoms with Crippen LogP contribution in [-0.2, 0) is 0 Å². The van der Waals surface area contributed by atoms with Crippen LogP contribution < -0.4 is 3.32 Å². The SMILES string of the molecule is CN(C)[C]1=C(C#N)C=[CH][In]1[c]1ccc(O)cc1. The number of nitriles is 1. The van der Waals surface area contributed by atoms with Crippen molar-refractivity contribution in [1.82, 2.24) is 4.90 Å². The third kappa shape index (κ3) is 2.34. The third-order valence-electron chi connectivity index (χ3n) is 2.88. The van der Waals surface area contributed by atoms with Gasteiger partial charge in [0, 0.05) is 0 Å². The molecule has 1 aromatic carbocycles. The van der Waals surface area contributed by atoms with Crippen LogP contribution in [0.1, 0.15) is 0 Å². The molecule has 1 heterocycles. The normalized spacial score (nSPS) is 14.1. The van der Waals surface area contributed by atoms with Gasteiger partial charge < -0.3 is 0 Å². The van der Waals surface area contributed by atoms with Gasteiger partial charge in [0.05, 0.1) is 0 Å². The number of hydrogen-bond donors (Lipinski definition) is 1. The first-order valence-electron chi connectivity index (χ1n) is 5.42. The van der Waals surface area contributed by atoms with Gasteiger partial charge in [0.15, 0.2) is 0 Å². The Hall–Kier alpha value is -1.34. The van der Waals surface area contributed by atoms with E-state index in [1.54, 1.807) is 12.1 Å². The number of phenolic OH excluding ortho intramolecular Hbond substituents is 1. The molecule has 4 heteroatoms. The number of allylic oxidation sites excluding steroid dienone is 2. The Bertz CT molecular complexity index is 523.